The molecule has 1 N–H and O–H groups in total. The molecule has 0 aliphatic carbocycles. The van der Waals surface area contributed by atoms with Crippen LogP contribution in [0, 0.1) is 0 Å². The van der Waals surface area contributed by atoms with Crippen molar-refractivity contribution in [2.75, 3.05) is 46.2 Å². The molecule has 0 fully saturated rings. The Hall–Kier alpha value is -3.72. The molecule has 2 aromatic carbocycles. The maximum atomic E-state index is 13.0. The minimum atomic E-state index is -0.517. The highest BCUT2D eigenvalue weighted by atomic mass is 16.5. The van der Waals surface area contributed by atoms with Crippen molar-refractivity contribution >= 4 is 29.2 Å². The Morgan fingerprint density at radius 1 is 1.06 bits per heavy atom. The number of likely N-dealkylation sites (N-methyl/N-ethyl adjacent to an activating group) is 1. The number of rotatable bonds is 11. The van der Waals surface area contributed by atoms with E-state index in [1.54, 1.807) is 62.5 Å². The van der Waals surface area contributed by atoms with Crippen molar-refractivity contribution in [3.8, 4) is 11.5 Å². The Labute approximate surface area is 198 Å². The van der Waals surface area contributed by atoms with Crippen LogP contribution in [0.25, 0.3) is 0 Å². The molecule has 0 aromatic heterocycles. The third-order valence-electron chi connectivity index (χ3n) is 5.28. The predicted molar refractivity (Wildman–Crippen MR) is 126 cm³/mol. The average Bonchev–Trinajstić information content (AvgIpc) is 3.02. The van der Waals surface area contributed by atoms with Crippen molar-refractivity contribution in [1.82, 2.24) is 9.80 Å². The van der Waals surface area contributed by atoms with E-state index in [9.17, 15) is 19.2 Å². The van der Waals surface area contributed by atoms with E-state index in [1.807, 2.05) is 6.92 Å². The van der Waals surface area contributed by atoms with Gasteiger partial charge in [-0.3, -0.25) is 24.1 Å². The summed E-state index contributed by atoms with van der Waals surface area (Å²) in [5.74, 6) is -0.268. The SMILES string of the molecule is CCOc1cc(CC(=O)CCN2C(=O)c3cccc(NC(=O)CN(C)C)c3C2=O)ccc1OC. The lowest BCUT2D eigenvalue weighted by molar-refractivity contribution is -0.118. The van der Waals surface area contributed by atoms with E-state index in [0.717, 1.165) is 10.5 Å². The maximum absolute atomic E-state index is 13.0. The first-order valence-electron chi connectivity index (χ1n) is 11.0. The number of carbonyl (C=O) groups excluding carboxylic acids is 4. The van der Waals surface area contributed by atoms with Crippen LogP contribution in [-0.2, 0) is 16.0 Å². The summed E-state index contributed by atoms with van der Waals surface area (Å²) in [7, 11) is 5.06. The van der Waals surface area contributed by atoms with Gasteiger partial charge in [0.1, 0.15) is 5.78 Å². The zero-order valence-corrected chi connectivity index (χ0v) is 19.8. The van der Waals surface area contributed by atoms with Crippen molar-refractivity contribution in [3.63, 3.8) is 0 Å². The van der Waals surface area contributed by atoms with Crippen LogP contribution in [0.5, 0.6) is 11.5 Å². The van der Waals surface area contributed by atoms with Crippen LogP contribution in [0.4, 0.5) is 5.69 Å². The number of nitrogens with one attached hydrogen (secondary N) is 1. The van der Waals surface area contributed by atoms with E-state index in [1.165, 1.54) is 0 Å². The van der Waals surface area contributed by atoms with Crippen molar-refractivity contribution in [1.29, 1.82) is 0 Å². The van der Waals surface area contributed by atoms with Gasteiger partial charge in [0.15, 0.2) is 11.5 Å². The Balaban J connectivity index is 1.66. The number of hydrogen-bond donors (Lipinski definition) is 1. The number of carbonyl (C=O) groups is 4. The van der Waals surface area contributed by atoms with Crippen LogP contribution >= 0.6 is 0 Å². The van der Waals surface area contributed by atoms with Crippen LogP contribution in [0.1, 0.15) is 39.6 Å². The molecule has 9 heteroatoms. The Bertz CT molecular complexity index is 1110. The first kappa shape index (κ1) is 24.9. The van der Waals surface area contributed by atoms with Crippen molar-refractivity contribution in [2.24, 2.45) is 0 Å². The first-order chi connectivity index (χ1) is 16.2. The highest BCUT2D eigenvalue weighted by Crippen LogP contribution is 2.30. The van der Waals surface area contributed by atoms with Gasteiger partial charge < -0.3 is 19.7 Å². The largest absolute Gasteiger partial charge is 0.493 e. The molecule has 0 bridgehead atoms. The summed E-state index contributed by atoms with van der Waals surface area (Å²) in [6.07, 6.45) is 0.156. The van der Waals surface area contributed by atoms with Gasteiger partial charge in [-0.15, -0.1) is 0 Å². The number of imide groups is 1. The third-order valence-corrected chi connectivity index (χ3v) is 5.28. The molecule has 0 saturated carbocycles. The zero-order chi connectivity index (χ0) is 24.8. The summed E-state index contributed by atoms with van der Waals surface area (Å²) in [6, 6.07) is 10.0. The van der Waals surface area contributed by atoms with E-state index in [0.29, 0.717) is 23.8 Å². The van der Waals surface area contributed by atoms with Gasteiger partial charge in [-0.25, -0.2) is 0 Å². The minimum absolute atomic E-state index is 0.0176. The highest BCUT2D eigenvalue weighted by Gasteiger charge is 2.37. The van der Waals surface area contributed by atoms with Gasteiger partial charge in [-0.05, 0) is 50.8 Å². The molecule has 1 heterocycles. The maximum Gasteiger partial charge on any atom is 0.263 e. The van der Waals surface area contributed by atoms with Gasteiger partial charge in [0, 0.05) is 19.4 Å². The first-order valence-corrected chi connectivity index (χ1v) is 11.0. The van der Waals surface area contributed by atoms with Gasteiger partial charge in [0.05, 0.1) is 37.1 Å². The van der Waals surface area contributed by atoms with Crippen LogP contribution in [-0.4, -0.2) is 74.2 Å². The number of amides is 3. The summed E-state index contributed by atoms with van der Waals surface area (Å²) >= 11 is 0. The molecule has 3 amide bonds. The second kappa shape index (κ2) is 10.9. The molecule has 0 saturated heterocycles. The van der Waals surface area contributed by atoms with Crippen LogP contribution in [0.2, 0.25) is 0 Å². The van der Waals surface area contributed by atoms with Crippen LogP contribution < -0.4 is 14.8 Å². The van der Waals surface area contributed by atoms with Gasteiger partial charge >= 0.3 is 0 Å². The summed E-state index contributed by atoms with van der Waals surface area (Å²) in [5, 5.41) is 2.70. The topological polar surface area (TPSA) is 105 Å². The molecule has 0 spiro atoms. The summed E-state index contributed by atoms with van der Waals surface area (Å²) < 4.78 is 10.8. The zero-order valence-electron chi connectivity index (χ0n) is 19.8. The molecular formula is C25H29N3O6. The van der Waals surface area contributed by atoms with Crippen molar-refractivity contribution in [2.45, 2.75) is 19.8 Å². The summed E-state index contributed by atoms with van der Waals surface area (Å²) in [4.78, 5) is 53.3. The highest BCUT2D eigenvalue weighted by molar-refractivity contribution is 6.24. The molecule has 1 aliphatic heterocycles. The molecule has 1 aliphatic rings. The second-order valence-corrected chi connectivity index (χ2v) is 8.16. The van der Waals surface area contributed by atoms with Gasteiger partial charge in [0.2, 0.25) is 5.91 Å². The standard InChI is InChI=1S/C25H29N3O6/c1-5-34-21-14-16(9-10-20(21)33-4)13-17(29)11-12-28-24(31)18-7-6-8-19(23(18)25(28)32)26-22(30)15-27(2)3/h6-10,14H,5,11-13,15H2,1-4H3,(H,26,30). The molecule has 2 aromatic rings. The molecular weight excluding hydrogens is 438 g/mol. The quantitative estimate of drug-likeness (QED) is 0.506. The van der Waals surface area contributed by atoms with Crippen molar-refractivity contribution < 1.29 is 28.7 Å². The number of methoxy groups -OCH3 is 1. The van der Waals surface area contributed by atoms with Gasteiger partial charge in [-0.2, -0.15) is 0 Å². The van der Waals surface area contributed by atoms with Gasteiger partial charge in [0.25, 0.3) is 11.8 Å². The Kier molecular flexibility index (Phi) is 8.01. The van der Waals surface area contributed by atoms with Crippen LogP contribution in [0.15, 0.2) is 36.4 Å². The number of anilines is 1. The summed E-state index contributed by atoms with van der Waals surface area (Å²) in [5.41, 5.74) is 1.42. The number of ketones is 1. The minimum Gasteiger partial charge on any atom is -0.493 e. The lowest BCUT2D eigenvalue weighted by atomic mass is 10.1. The molecule has 9 nitrogen and oxygen atoms in total. The molecule has 0 atom stereocenters. The fourth-order valence-electron chi connectivity index (χ4n) is 3.77. The normalized spacial score (nSPS) is 12.7. The smallest absolute Gasteiger partial charge is 0.263 e. The number of Topliss-reactive ketones (excluding diaryl/α,β-unsaturated/α-hetero) is 1. The number of benzene rings is 2. The van der Waals surface area contributed by atoms with Crippen molar-refractivity contribution in [3.05, 3.63) is 53.1 Å². The Morgan fingerprint density at radius 3 is 2.50 bits per heavy atom. The number of hydrogen-bond acceptors (Lipinski definition) is 7. The van der Waals surface area contributed by atoms with E-state index in [2.05, 4.69) is 5.32 Å². The molecule has 0 unspecified atom stereocenters. The number of ether oxygens (including phenoxy) is 2. The van der Waals surface area contributed by atoms with E-state index in [-0.39, 0.29) is 48.7 Å². The second-order valence-electron chi connectivity index (χ2n) is 8.16. The van der Waals surface area contributed by atoms with E-state index >= 15 is 0 Å². The number of nitrogens with zero attached hydrogens (tertiary/aromatic N) is 2. The third kappa shape index (κ3) is 5.60. The number of fused-ring (bicyclic) bond motifs is 1. The Morgan fingerprint density at radius 2 is 1.82 bits per heavy atom. The predicted octanol–water partition coefficient (Wildman–Crippen LogP) is 2.39. The fraction of sp³-hybridized carbons (Fsp3) is 0.360. The van der Waals surface area contributed by atoms with Gasteiger partial charge in [-0.1, -0.05) is 12.1 Å². The van der Waals surface area contributed by atoms with E-state index < -0.39 is 11.8 Å². The fourth-order valence-corrected chi connectivity index (χ4v) is 3.77. The lowest BCUT2D eigenvalue weighted by Gasteiger charge is -2.14. The van der Waals surface area contributed by atoms with E-state index in [4.69, 9.17) is 9.47 Å². The van der Waals surface area contributed by atoms with Crippen LogP contribution in [0.3, 0.4) is 0 Å². The molecule has 3 rings (SSSR count). The summed E-state index contributed by atoms with van der Waals surface area (Å²) in [6.45, 7) is 2.43. The average molecular weight is 468 g/mol. The molecule has 180 valence electrons. The molecule has 34 heavy (non-hydrogen) atoms. The molecule has 0 radical (unpaired) electrons. The monoisotopic (exact) mass is 467 g/mol. The lowest BCUT2D eigenvalue weighted by Crippen LogP contribution is -2.32.